The van der Waals surface area contributed by atoms with Crippen LogP contribution >= 0.6 is 0 Å². The molecule has 2 atom stereocenters. The summed E-state index contributed by atoms with van der Waals surface area (Å²) < 4.78 is 0. The highest BCUT2D eigenvalue weighted by atomic mass is 16.2. The third kappa shape index (κ3) is 3.23. The van der Waals surface area contributed by atoms with Gasteiger partial charge in [-0.15, -0.1) is 0 Å². The molecule has 0 spiro atoms. The van der Waals surface area contributed by atoms with Crippen molar-refractivity contribution in [2.45, 2.75) is 59.0 Å². The van der Waals surface area contributed by atoms with E-state index in [2.05, 4.69) is 13.8 Å². The van der Waals surface area contributed by atoms with Crippen molar-refractivity contribution in [2.75, 3.05) is 19.6 Å². The van der Waals surface area contributed by atoms with Gasteiger partial charge in [-0.05, 0) is 24.7 Å². The van der Waals surface area contributed by atoms with Crippen LogP contribution in [0.15, 0.2) is 0 Å². The van der Waals surface area contributed by atoms with Gasteiger partial charge in [-0.1, -0.05) is 27.7 Å². The van der Waals surface area contributed by atoms with Crippen molar-refractivity contribution in [2.24, 2.45) is 17.1 Å². The molecule has 120 valence electrons. The number of carbonyl (C=O) groups excluding carboxylic acids is 2. The Morgan fingerprint density at radius 1 is 1.19 bits per heavy atom. The summed E-state index contributed by atoms with van der Waals surface area (Å²) in [6.07, 6.45) is 2.55. The molecule has 5 heteroatoms. The molecule has 0 aliphatic carbocycles. The van der Waals surface area contributed by atoms with Crippen LogP contribution in [0, 0.1) is 11.3 Å². The molecule has 2 N–H and O–H groups in total. The number of likely N-dealkylation sites (tertiary alicyclic amines) is 2. The minimum absolute atomic E-state index is 0.0513. The standard InChI is InChI=1S/C16H29N3O2/c1-11(2)14(20)19-8-5-6-12(19)15(21)18-9-7-13(17)16(3,4)10-18/h11-13H,5-10,17H2,1-4H3. The molecule has 2 fully saturated rings. The van der Waals surface area contributed by atoms with Crippen LogP contribution < -0.4 is 5.73 Å². The Balaban J connectivity index is 2.07. The minimum atomic E-state index is -0.259. The number of hydrogen-bond donors (Lipinski definition) is 1. The Labute approximate surface area is 127 Å². The zero-order chi connectivity index (χ0) is 15.8. The number of piperidine rings is 1. The summed E-state index contributed by atoms with van der Waals surface area (Å²) in [6, 6.07) is -0.122. The smallest absolute Gasteiger partial charge is 0.245 e. The van der Waals surface area contributed by atoms with Crippen molar-refractivity contribution in [1.82, 2.24) is 9.80 Å². The summed E-state index contributed by atoms with van der Waals surface area (Å²) in [4.78, 5) is 28.8. The van der Waals surface area contributed by atoms with Gasteiger partial charge in [-0.25, -0.2) is 0 Å². The third-order valence-electron chi connectivity index (χ3n) is 4.94. The summed E-state index contributed by atoms with van der Waals surface area (Å²) in [5, 5.41) is 0. The minimum Gasteiger partial charge on any atom is -0.340 e. The lowest BCUT2D eigenvalue weighted by atomic mass is 9.79. The van der Waals surface area contributed by atoms with Gasteiger partial charge in [-0.3, -0.25) is 9.59 Å². The highest BCUT2D eigenvalue weighted by Gasteiger charge is 2.41. The lowest BCUT2D eigenvalue weighted by Gasteiger charge is -2.44. The second-order valence-corrected chi connectivity index (χ2v) is 7.49. The molecule has 2 aliphatic rings. The van der Waals surface area contributed by atoms with Crippen molar-refractivity contribution in [1.29, 1.82) is 0 Å². The molecule has 2 amide bonds. The van der Waals surface area contributed by atoms with E-state index in [9.17, 15) is 9.59 Å². The van der Waals surface area contributed by atoms with Crippen molar-refractivity contribution >= 4 is 11.8 Å². The molecule has 0 saturated carbocycles. The summed E-state index contributed by atoms with van der Waals surface area (Å²) in [6.45, 7) is 10.1. The lowest BCUT2D eigenvalue weighted by molar-refractivity contribution is -0.147. The summed E-state index contributed by atoms with van der Waals surface area (Å²) in [5.74, 6) is 0.157. The molecule has 0 bridgehead atoms. The first kappa shape index (κ1) is 16.3. The molecular weight excluding hydrogens is 266 g/mol. The lowest BCUT2D eigenvalue weighted by Crippen LogP contribution is -2.57. The molecule has 0 aromatic rings. The second-order valence-electron chi connectivity index (χ2n) is 7.49. The molecule has 0 aromatic carbocycles. The largest absolute Gasteiger partial charge is 0.340 e. The monoisotopic (exact) mass is 295 g/mol. The Kier molecular flexibility index (Phi) is 4.61. The first-order valence-corrected chi connectivity index (χ1v) is 8.09. The Morgan fingerprint density at radius 2 is 1.86 bits per heavy atom. The zero-order valence-corrected chi connectivity index (χ0v) is 13.8. The van der Waals surface area contributed by atoms with Gasteiger partial charge < -0.3 is 15.5 Å². The Morgan fingerprint density at radius 3 is 2.43 bits per heavy atom. The van der Waals surface area contributed by atoms with Crippen LogP contribution in [0.4, 0.5) is 0 Å². The number of nitrogens with two attached hydrogens (primary N) is 1. The third-order valence-corrected chi connectivity index (χ3v) is 4.94. The van der Waals surface area contributed by atoms with Gasteiger partial charge in [-0.2, -0.15) is 0 Å². The topological polar surface area (TPSA) is 66.6 Å². The molecule has 21 heavy (non-hydrogen) atoms. The average molecular weight is 295 g/mol. The van der Waals surface area contributed by atoms with E-state index in [1.807, 2.05) is 18.7 Å². The van der Waals surface area contributed by atoms with Gasteiger partial charge in [0.15, 0.2) is 0 Å². The van der Waals surface area contributed by atoms with Crippen LogP contribution in [-0.4, -0.2) is 53.3 Å². The van der Waals surface area contributed by atoms with E-state index in [0.717, 1.165) is 19.3 Å². The van der Waals surface area contributed by atoms with Crippen LogP contribution in [0.3, 0.4) is 0 Å². The molecule has 2 aliphatic heterocycles. The van der Waals surface area contributed by atoms with E-state index in [4.69, 9.17) is 5.73 Å². The maximum absolute atomic E-state index is 12.8. The fraction of sp³-hybridized carbons (Fsp3) is 0.875. The molecule has 0 aromatic heterocycles. The molecule has 2 heterocycles. The predicted molar refractivity (Wildman–Crippen MR) is 82.5 cm³/mol. The fourth-order valence-corrected chi connectivity index (χ4v) is 3.39. The van der Waals surface area contributed by atoms with Crippen LogP contribution in [0.1, 0.15) is 47.0 Å². The van der Waals surface area contributed by atoms with E-state index in [1.54, 1.807) is 4.90 Å². The molecule has 2 unspecified atom stereocenters. The van der Waals surface area contributed by atoms with E-state index < -0.39 is 0 Å². The van der Waals surface area contributed by atoms with Crippen molar-refractivity contribution in [3.8, 4) is 0 Å². The summed E-state index contributed by atoms with van der Waals surface area (Å²) >= 11 is 0. The maximum atomic E-state index is 12.8. The predicted octanol–water partition coefficient (Wildman–Crippen LogP) is 1.22. The first-order chi connectivity index (χ1) is 9.74. The summed E-state index contributed by atoms with van der Waals surface area (Å²) in [5.41, 5.74) is 6.08. The van der Waals surface area contributed by atoms with E-state index in [1.165, 1.54) is 0 Å². The van der Waals surface area contributed by atoms with Crippen LogP contribution in [0.2, 0.25) is 0 Å². The maximum Gasteiger partial charge on any atom is 0.245 e. The highest BCUT2D eigenvalue weighted by molar-refractivity contribution is 5.89. The number of rotatable bonds is 2. The van der Waals surface area contributed by atoms with E-state index in [0.29, 0.717) is 19.6 Å². The number of carbonyl (C=O) groups is 2. The zero-order valence-electron chi connectivity index (χ0n) is 13.8. The van der Waals surface area contributed by atoms with Crippen molar-refractivity contribution in [3.05, 3.63) is 0 Å². The van der Waals surface area contributed by atoms with Gasteiger partial charge in [0.1, 0.15) is 6.04 Å². The first-order valence-electron chi connectivity index (χ1n) is 8.09. The summed E-state index contributed by atoms with van der Waals surface area (Å²) in [7, 11) is 0. The van der Waals surface area contributed by atoms with Crippen molar-refractivity contribution < 1.29 is 9.59 Å². The van der Waals surface area contributed by atoms with Crippen LogP contribution in [0.5, 0.6) is 0 Å². The van der Waals surface area contributed by atoms with Gasteiger partial charge >= 0.3 is 0 Å². The Hall–Kier alpha value is -1.10. The fourth-order valence-electron chi connectivity index (χ4n) is 3.39. The molecule has 5 nitrogen and oxygen atoms in total. The number of amides is 2. The quantitative estimate of drug-likeness (QED) is 0.833. The second kappa shape index (κ2) is 5.95. The highest BCUT2D eigenvalue weighted by Crippen LogP contribution is 2.30. The van der Waals surface area contributed by atoms with E-state index in [-0.39, 0.29) is 35.2 Å². The van der Waals surface area contributed by atoms with Crippen molar-refractivity contribution in [3.63, 3.8) is 0 Å². The molecule has 2 saturated heterocycles. The van der Waals surface area contributed by atoms with Crippen LogP contribution in [-0.2, 0) is 9.59 Å². The van der Waals surface area contributed by atoms with Crippen LogP contribution in [0.25, 0.3) is 0 Å². The van der Waals surface area contributed by atoms with Gasteiger partial charge in [0.2, 0.25) is 11.8 Å². The molecule has 2 rings (SSSR count). The average Bonchev–Trinajstić information content (AvgIpc) is 2.89. The number of nitrogens with zero attached hydrogens (tertiary/aromatic N) is 2. The van der Waals surface area contributed by atoms with E-state index >= 15 is 0 Å². The van der Waals surface area contributed by atoms with Gasteiger partial charge in [0.05, 0.1) is 0 Å². The van der Waals surface area contributed by atoms with Gasteiger partial charge in [0.25, 0.3) is 0 Å². The molecular formula is C16H29N3O2. The molecule has 0 radical (unpaired) electrons. The Bertz CT molecular complexity index is 420. The van der Waals surface area contributed by atoms with Gasteiger partial charge in [0, 0.05) is 31.6 Å². The normalized spacial score (nSPS) is 29.0. The number of hydrogen-bond acceptors (Lipinski definition) is 3. The SMILES string of the molecule is CC(C)C(=O)N1CCCC1C(=O)N1CCC(N)C(C)(C)C1.